The number of nitrogens with zero attached hydrogens (tertiary/aromatic N) is 4. The number of benzene rings is 2. The van der Waals surface area contributed by atoms with Crippen LogP contribution in [0.5, 0.6) is 5.75 Å². The van der Waals surface area contributed by atoms with Crippen molar-refractivity contribution in [3.8, 4) is 17.1 Å². The summed E-state index contributed by atoms with van der Waals surface area (Å²) in [4.78, 5) is 9.27. The number of rotatable bonds is 5. The Morgan fingerprint density at radius 2 is 1.83 bits per heavy atom. The highest BCUT2D eigenvalue weighted by atomic mass is 19.1. The lowest BCUT2D eigenvalue weighted by atomic mass is 10.2. The Kier molecular flexibility index (Phi) is 4.84. The smallest absolute Gasteiger partial charge is 0.166 e. The average Bonchev–Trinajstić information content (AvgIpc) is 3.01. The van der Waals surface area contributed by atoms with Gasteiger partial charge in [-0.05, 0) is 42.8 Å². The molecule has 2 aromatic heterocycles. The lowest BCUT2D eigenvalue weighted by Crippen LogP contribution is -2.02. The molecule has 0 radical (unpaired) electrons. The molecule has 148 valence electrons. The molecule has 0 saturated heterocycles. The van der Waals surface area contributed by atoms with Crippen LogP contribution in [0.4, 0.5) is 20.3 Å². The third-order valence-electron chi connectivity index (χ3n) is 4.55. The lowest BCUT2D eigenvalue weighted by molar-refractivity contribution is 0.432. The lowest BCUT2D eigenvalue weighted by Gasteiger charge is -2.11. The average molecular weight is 395 g/mol. The Bertz CT molecular complexity index is 1190. The Morgan fingerprint density at radius 1 is 1.07 bits per heavy atom. The van der Waals surface area contributed by atoms with Crippen LogP contribution >= 0.6 is 0 Å². The summed E-state index contributed by atoms with van der Waals surface area (Å²) in [6, 6.07) is 9.91. The molecule has 8 heteroatoms. The summed E-state index contributed by atoms with van der Waals surface area (Å²) in [5.41, 5.74) is 3.26. The van der Waals surface area contributed by atoms with Crippen LogP contribution in [-0.2, 0) is 13.5 Å². The van der Waals surface area contributed by atoms with Gasteiger partial charge in [0.05, 0.1) is 5.69 Å². The van der Waals surface area contributed by atoms with Gasteiger partial charge < -0.3 is 10.4 Å². The van der Waals surface area contributed by atoms with Gasteiger partial charge in [-0.2, -0.15) is 5.10 Å². The molecular weight excluding hydrogens is 376 g/mol. The topological polar surface area (TPSA) is 75.9 Å². The van der Waals surface area contributed by atoms with E-state index in [0.29, 0.717) is 33.9 Å². The Labute approximate surface area is 165 Å². The molecular formula is C21H19F2N5O. The van der Waals surface area contributed by atoms with E-state index in [2.05, 4.69) is 27.3 Å². The second-order valence-electron chi connectivity index (χ2n) is 6.71. The molecule has 0 aliphatic carbocycles. The van der Waals surface area contributed by atoms with Crippen molar-refractivity contribution >= 4 is 22.5 Å². The van der Waals surface area contributed by atoms with Crippen molar-refractivity contribution in [3.63, 3.8) is 0 Å². The largest absolute Gasteiger partial charge is 0.505 e. The van der Waals surface area contributed by atoms with Gasteiger partial charge in [0.2, 0.25) is 0 Å². The number of hydrogen-bond acceptors (Lipinski definition) is 5. The maximum atomic E-state index is 13.8. The third kappa shape index (κ3) is 3.61. The van der Waals surface area contributed by atoms with E-state index in [9.17, 15) is 13.9 Å². The number of phenolic OH excluding ortho intramolecular Hbond substituents is 1. The zero-order valence-electron chi connectivity index (χ0n) is 15.9. The fraction of sp³-hybridized carbons (Fsp3) is 0.190. The van der Waals surface area contributed by atoms with E-state index in [1.165, 1.54) is 24.3 Å². The highest BCUT2D eigenvalue weighted by Gasteiger charge is 2.18. The van der Waals surface area contributed by atoms with Crippen molar-refractivity contribution in [2.45, 2.75) is 19.8 Å². The number of anilines is 2. The summed E-state index contributed by atoms with van der Waals surface area (Å²) in [5, 5.41) is 17.1. The maximum absolute atomic E-state index is 13.8. The number of fused-ring (bicyclic) bond motifs is 1. The van der Waals surface area contributed by atoms with Gasteiger partial charge >= 0.3 is 0 Å². The molecule has 0 unspecified atom stereocenters. The fourth-order valence-electron chi connectivity index (χ4n) is 3.18. The number of aryl methyl sites for hydroxylation is 2. The molecule has 6 nitrogen and oxygen atoms in total. The molecule has 0 saturated carbocycles. The molecule has 0 bridgehead atoms. The van der Waals surface area contributed by atoms with Gasteiger partial charge in [-0.25, -0.2) is 18.7 Å². The minimum absolute atomic E-state index is 0.346. The number of nitrogens with one attached hydrogen (secondary N) is 1. The van der Waals surface area contributed by atoms with Gasteiger partial charge in [0, 0.05) is 24.4 Å². The van der Waals surface area contributed by atoms with Crippen LogP contribution in [0.1, 0.15) is 19.0 Å². The molecule has 0 atom stereocenters. The summed E-state index contributed by atoms with van der Waals surface area (Å²) in [5.74, 6) is -0.668. The SMILES string of the molecule is CCCc1nn(C)c2c(Nc3ccc(O)c(F)c3)nc(-c3ccc(F)cc3)nc12. The van der Waals surface area contributed by atoms with E-state index in [1.54, 1.807) is 29.9 Å². The molecule has 0 aliphatic heterocycles. The first kappa shape index (κ1) is 18.8. The molecule has 29 heavy (non-hydrogen) atoms. The van der Waals surface area contributed by atoms with Gasteiger partial charge in [0.25, 0.3) is 0 Å². The fourth-order valence-corrected chi connectivity index (χ4v) is 3.18. The van der Waals surface area contributed by atoms with E-state index in [-0.39, 0.29) is 5.82 Å². The first-order valence-electron chi connectivity index (χ1n) is 9.21. The Hall–Kier alpha value is -3.55. The molecule has 2 heterocycles. The van der Waals surface area contributed by atoms with Crippen LogP contribution in [0.25, 0.3) is 22.4 Å². The van der Waals surface area contributed by atoms with Crippen LogP contribution in [0.3, 0.4) is 0 Å². The Morgan fingerprint density at radius 3 is 2.52 bits per heavy atom. The molecule has 2 N–H and O–H groups in total. The second kappa shape index (κ2) is 7.46. The number of phenols is 1. The highest BCUT2D eigenvalue weighted by molar-refractivity contribution is 5.91. The van der Waals surface area contributed by atoms with Crippen LogP contribution in [0, 0.1) is 11.6 Å². The number of aromatic hydroxyl groups is 1. The highest BCUT2D eigenvalue weighted by Crippen LogP contribution is 2.30. The molecule has 2 aromatic carbocycles. The summed E-state index contributed by atoms with van der Waals surface area (Å²) in [6.45, 7) is 2.06. The van der Waals surface area contributed by atoms with E-state index >= 15 is 0 Å². The van der Waals surface area contributed by atoms with Crippen molar-refractivity contribution in [2.24, 2.45) is 7.05 Å². The molecule has 0 spiro atoms. The number of halogens is 2. The zero-order valence-corrected chi connectivity index (χ0v) is 15.9. The predicted molar refractivity (Wildman–Crippen MR) is 107 cm³/mol. The monoisotopic (exact) mass is 395 g/mol. The minimum atomic E-state index is -0.740. The first-order valence-corrected chi connectivity index (χ1v) is 9.21. The number of aromatic nitrogens is 4. The summed E-state index contributed by atoms with van der Waals surface area (Å²) < 4.78 is 28.8. The van der Waals surface area contributed by atoms with E-state index < -0.39 is 11.6 Å². The number of hydrogen-bond donors (Lipinski definition) is 2. The van der Waals surface area contributed by atoms with Crippen LogP contribution in [0.2, 0.25) is 0 Å². The van der Waals surface area contributed by atoms with Gasteiger partial charge in [-0.3, -0.25) is 4.68 Å². The van der Waals surface area contributed by atoms with Crippen molar-refractivity contribution < 1.29 is 13.9 Å². The first-order chi connectivity index (χ1) is 14.0. The van der Waals surface area contributed by atoms with Crippen molar-refractivity contribution in [1.82, 2.24) is 19.7 Å². The molecule has 4 aromatic rings. The molecule has 4 rings (SSSR count). The maximum Gasteiger partial charge on any atom is 0.166 e. The Balaban J connectivity index is 1.90. The standard InChI is InChI=1S/C21H19F2N5O/c1-3-4-16-18-19(28(2)27-16)21(24-14-9-10-17(29)15(23)11-14)26-20(25-18)12-5-7-13(22)8-6-12/h5-11,29H,3-4H2,1-2H3,(H,24,25,26). The second-order valence-corrected chi connectivity index (χ2v) is 6.71. The molecule has 0 amide bonds. The molecule has 0 fully saturated rings. The van der Waals surface area contributed by atoms with Gasteiger partial charge in [-0.1, -0.05) is 13.3 Å². The minimum Gasteiger partial charge on any atom is -0.505 e. The van der Waals surface area contributed by atoms with Crippen LogP contribution in [-0.4, -0.2) is 24.9 Å². The van der Waals surface area contributed by atoms with Gasteiger partial charge in [-0.15, -0.1) is 0 Å². The summed E-state index contributed by atoms with van der Waals surface area (Å²) in [6.07, 6.45) is 1.64. The third-order valence-corrected chi connectivity index (χ3v) is 4.55. The van der Waals surface area contributed by atoms with E-state index in [4.69, 9.17) is 0 Å². The van der Waals surface area contributed by atoms with Crippen molar-refractivity contribution in [2.75, 3.05) is 5.32 Å². The zero-order chi connectivity index (χ0) is 20.5. The van der Waals surface area contributed by atoms with Gasteiger partial charge in [0.1, 0.15) is 16.9 Å². The van der Waals surface area contributed by atoms with Gasteiger partial charge in [0.15, 0.2) is 23.2 Å². The summed E-state index contributed by atoms with van der Waals surface area (Å²) >= 11 is 0. The molecule has 0 aliphatic rings. The van der Waals surface area contributed by atoms with Crippen LogP contribution in [0.15, 0.2) is 42.5 Å². The van der Waals surface area contributed by atoms with E-state index in [0.717, 1.165) is 18.5 Å². The van der Waals surface area contributed by atoms with Crippen molar-refractivity contribution in [3.05, 3.63) is 59.8 Å². The predicted octanol–water partition coefficient (Wildman–Crippen LogP) is 4.71. The normalized spacial score (nSPS) is 11.2. The summed E-state index contributed by atoms with van der Waals surface area (Å²) in [7, 11) is 1.80. The van der Waals surface area contributed by atoms with Crippen LogP contribution < -0.4 is 5.32 Å². The van der Waals surface area contributed by atoms with E-state index in [1.807, 2.05) is 0 Å². The quantitative estimate of drug-likeness (QED) is 0.479. The van der Waals surface area contributed by atoms with Crippen molar-refractivity contribution in [1.29, 1.82) is 0 Å².